The molecule has 2 aromatic rings. The SMILES string of the molecule is O=C(NC1=CCNC=C1)N1CCC(F)(F)c2ccc(-c3cccc(C(F)(F)F)c3)nc21. The second-order valence-electron chi connectivity index (χ2n) is 7.08. The standard InChI is InChI=1S/C21H17F5N4O/c22-20(23)8-11-30(19(31)28-15-6-9-27-10-7-15)18-16(20)4-5-17(29-18)13-2-1-3-14(12-13)21(24,25)26/h1-7,9,12,27H,8,10-11H2,(H,28,31). The van der Waals surface area contributed by atoms with Gasteiger partial charge < -0.3 is 10.6 Å². The molecular weight excluding hydrogens is 419 g/mol. The first-order valence-electron chi connectivity index (χ1n) is 9.41. The zero-order valence-corrected chi connectivity index (χ0v) is 16.0. The van der Waals surface area contributed by atoms with E-state index in [0.29, 0.717) is 12.2 Å². The number of rotatable bonds is 2. The molecule has 0 bridgehead atoms. The first-order valence-corrected chi connectivity index (χ1v) is 9.41. The van der Waals surface area contributed by atoms with Gasteiger partial charge in [-0.05, 0) is 42.6 Å². The van der Waals surface area contributed by atoms with Crippen LogP contribution in [0.4, 0.5) is 32.6 Å². The topological polar surface area (TPSA) is 57.3 Å². The van der Waals surface area contributed by atoms with Gasteiger partial charge in [0.1, 0.15) is 5.82 Å². The Balaban J connectivity index is 1.72. The number of carbonyl (C=O) groups is 1. The Morgan fingerprint density at radius 2 is 2.00 bits per heavy atom. The predicted molar refractivity (Wildman–Crippen MR) is 104 cm³/mol. The van der Waals surface area contributed by atoms with Crippen molar-refractivity contribution in [3.05, 3.63) is 71.6 Å². The summed E-state index contributed by atoms with van der Waals surface area (Å²) in [6.45, 7) is 0.207. The van der Waals surface area contributed by atoms with Gasteiger partial charge in [-0.3, -0.25) is 4.90 Å². The summed E-state index contributed by atoms with van der Waals surface area (Å²) in [4.78, 5) is 18.0. The van der Waals surface area contributed by atoms with Crippen LogP contribution in [0.2, 0.25) is 0 Å². The average molecular weight is 436 g/mol. The van der Waals surface area contributed by atoms with Crippen molar-refractivity contribution in [2.45, 2.75) is 18.5 Å². The molecule has 0 aliphatic carbocycles. The molecule has 0 spiro atoms. The Bertz CT molecular complexity index is 1080. The van der Waals surface area contributed by atoms with E-state index < -0.39 is 35.7 Å². The summed E-state index contributed by atoms with van der Waals surface area (Å²) < 4.78 is 68.1. The van der Waals surface area contributed by atoms with Gasteiger partial charge >= 0.3 is 12.2 Å². The lowest BCUT2D eigenvalue weighted by Gasteiger charge is -2.33. The lowest BCUT2D eigenvalue weighted by atomic mass is 9.99. The molecule has 0 atom stereocenters. The maximum atomic E-state index is 14.5. The highest BCUT2D eigenvalue weighted by Gasteiger charge is 2.42. The van der Waals surface area contributed by atoms with Crippen molar-refractivity contribution < 1.29 is 26.7 Å². The van der Waals surface area contributed by atoms with Crippen molar-refractivity contribution in [3.8, 4) is 11.3 Å². The van der Waals surface area contributed by atoms with Crippen LogP contribution >= 0.6 is 0 Å². The number of benzene rings is 1. The number of nitrogens with zero attached hydrogens (tertiary/aromatic N) is 2. The number of amides is 2. The number of hydrogen-bond donors (Lipinski definition) is 2. The van der Waals surface area contributed by atoms with Gasteiger partial charge in [0.05, 0.1) is 16.8 Å². The second kappa shape index (κ2) is 7.68. The number of fused-ring (bicyclic) bond motifs is 1. The summed E-state index contributed by atoms with van der Waals surface area (Å²) in [6, 6.07) is 6.13. The summed E-state index contributed by atoms with van der Waals surface area (Å²) in [6.07, 6.45) is -0.178. The second-order valence-corrected chi connectivity index (χ2v) is 7.08. The molecule has 2 N–H and O–H groups in total. The number of alkyl halides is 5. The van der Waals surface area contributed by atoms with Crippen LogP contribution in [0.1, 0.15) is 17.5 Å². The first-order chi connectivity index (χ1) is 14.6. The van der Waals surface area contributed by atoms with Crippen LogP contribution in [0.15, 0.2) is 60.4 Å². The van der Waals surface area contributed by atoms with E-state index in [0.717, 1.165) is 23.1 Å². The molecule has 0 fully saturated rings. The molecule has 5 nitrogen and oxygen atoms in total. The highest BCUT2D eigenvalue weighted by molar-refractivity contribution is 5.94. The Kier molecular flexibility index (Phi) is 5.16. The number of carbonyl (C=O) groups excluding carboxylic acids is 1. The predicted octanol–water partition coefficient (Wildman–Crippen LogP) is 4.78. The highest BCUT2D eigenvalue weighted by Crippen LogP contribution is 2.42. The van der Waals surface area contributed by atoms with Gasteiger partial charge in [0.2, 0.25) is 0 Å². The quantitative estimate of drug-likeness (QED) is 0.667. The number of nitrogens with one attached hydrogen (secondary N) is 2. The van der Waals surface area contributed by atoms with E-state index in [-0.39, 0.29) is 23.6 Å². The van der Waals surface area contributed by atoms with Crippen molar-refractivity contribution in [2.24, 2.45) is 0 Å². The molecule has 0 saturated carbocycles. The van der Waals surface area contributed by atoms with Gasteiger partial charge in [-0.15, -0.1) is 0 Å². The molecule has 2 aliphatic heterocycles. The van der Waals surface area contributed by atoms with E-state index in [9.17, 15) is 26.7 Å². The number of halogens is 5. The zero-order chi connectivity index (χ0) is 22.2. The van der Waals surface area contributed by atoms with E-state index in [4.69, 9.17) is 0 Å². The zero-order valence-electron chi connectivity index (χ0n) is 16.0. The van der Waals surface area contributed by atoms with Crippen LogP contribution in [0.3, 0.4) is 0 Å². The first kappa shape index (κ1) is 20.8. The molecule has 1 aromatic heterocycles. The fraction of sp³-hybridized carbons (Fsp3) is 0.238. The van der Waals surface area contributed by atoms with Gasteiger partial charge in [0.15, 0.2) is 0 Å². The van der Waals surface area contributed by atoms with Crippen LogP contribution in [0.25, 0.3) is 11.3 Å². The third-order valence-electron chi connectivity index (χ3n) is 4.98. The molecule has 2 aliphatic rings. The van der Waals surface area contributed by atoms with Gasteiger partial charge in [0.25, 0.3) is 5.92 Å². The fourth-order valence-corrected chi connectivity index (χ4v) is 3.38. The molecule has 10 heteroatoms. The monoisotopic (exact) mass is 436 g/mol. The highest BCUT2D eigenvalue weighted by atomic mass is 19.4. The average Bonchev–Trinajstić information content (AvgIpc) is 2.73. The van der Waals surface area contributed by atoms with Crippen LogP contribution in [-0.4, -0.2) is 24.1 Å². The lowest BCUT2D eigenvalue weighted by molar-refractivity contribution is -0.137. The lowest BCUT2D eigenvalue weighted by Crippen LogP contribution is -2.46. The van der Waals surface area contributed by atoms with E-state index in [1.807, 2.05) is 0 Å². The summed E-state index contributed by atoms with van der Waals surface area (Å²) in [5, 5.41) is 5.55. The van der Waals surface area contributed by atoms with Crippen molar-refractivity contribution in [1.82, 2.24) is 15.6 Å². The molecule has 2 amide bonds. The van der Waals surface area contributed by atoms with Gasteiger partial charge in [-0.1, -0.05) is 12.1 Å². The number of allylic oxidation sites excluding steroid dienone is 1. The summed E-state index contributed by atoms with van der Waals surface area (Å²) >= 11 is 0. The van der Waals surface area contributed by atoms with Gasteiger partial charge in [0, 0.05) is 30.8 Å². The molecular formula is C21H17F5N4O. The maximum Gasteiger partial charge on any atom is 0.416 e. The number of urea groups is 1. The van der Waals surface area contributed by atoms with Gasteiger partial charge in [-0.2, -0.15) is 13.2 Å². The number of dihydropyridines is 1. The summed E-state index contributed by atoms with van der Waals surface area (Å²) in [5.74, 6) is -3.48. The summed E-state index contributed by atoms with van der Waals surface area (Å²) in [5.41, 5.74) is -0.664. The molecule has 0 radical (unpaired) electrons. The van der Waals surface area contributed by atoms with Crippen LogP contribution in [-0.2, 0) is 12.1 Å². The molecule has 4 rings (SSSR count). The van der Waals surface area contributed by atoms with Crippen LogP contribution in [0, 0.1) is 0 Å². The third-order valence-corrected chi connectivity index (χ3v) is 4.98. The number of pyridine rings is 1. The Morgan fingerprint density at radius 3 is 2.71 bits per heavy atom. The minimum absolute atomic E-state index is 0.0568. The van der Waals surface area contributed by atoms with Crippen molar-refractivity contribution >= 4 is 11.8 Å². The Hall–Kier alpha value is -3.43. The van der Waals surface area contributed by atoms with E-state index in [1.54, 1.807) is 18.4 Å². The van der Waals surface area contributed by atoms with E-state index in [1.165, 1.54) is 18.2 Å². The number of hydrogen-bond acceptors (Lipinski definition) is 3. The summed E-state index contributed by atoms with van der Waals surface area (Å²) in [7, 11) is 0. The van der Waals surface area contributed by atoms with Crippen molar-refractivity contribution in [2.75, 3.05) is 18.0 Å². The molecule has 31 heavy (non-hydrogen) atoms. The smallest absolute Gasteiger partial charge is 0.387 e. The fourth-order valence-electron chi connectivity index (χ4n) is 3.38. The van der Waals surface area contributed by atoms with Crippen LogP contribution in [0.5, 0.6) is 0 Å². The minimum Gasteiger partial charge on any atom is -0.387 e. The molecule has 0 saturated heterocycles. The Morgan fingerprint density at radius 1 is 1.19 bits per heavy atom. The minimum atomic E-state index is -4.56. The maximum absolute atomic E-state index is 14.5. The van der Waals surface area contributed by atoms with Crippen molar-refractivity contribution in [3.63, 3.8) is 0 Å². The van der Waals surface area contributed by atoms with E-state index >= 15 is 0 Å². The molecule has 0 unspecified atom stereocenters. The molecule has 162 valence electrons. The van der Waals surface area contributed by atoms with Gasteiger partial charge in [-0.25, -0.2) is 18.6 Å². The normalized spacial score (nSPS) is 17.5. The molecule has 3 heterocycles. The van der Waals surface area contributed by atoms with Crippen molar-refractivity contribution in [1.29, 1.82) is 0 Å². The largest absolute Gasteiger partial charge is 0.416 e. The van der Waals surface area contributed by atoms with Crippen LogP contribution < -0.4 is 15.5 Å². The third kappa shape index (κ3) is 4.23. The number of aromatic nitrogens is 1. The molecule has 1 aromatic carbocycles. The Labute approximate surface area is 174 Å². The van der Waals surface area contributed by atoms with E-state index in [2.05, 4.69) is 15.6 Å². The number of anilines is 1.